The van der Waals surface area contributed by atoms with Crippen molar-refractivity contribution in [2.24, 2.45) is 0 Å². The van der Waals surface area contributed by atoms with Crippen LogP contribution in [-0.2, 0) is 0 Å². The second-order valence-corrected chi connectivity index (χ2v) is 5.55. The zero-order valence-corrected chi connectivity index (χ0v) is 12.2. The van der Waals surface area contributed by atoms with E-state index in [9.17, 15) is 4.39 Å². The number of aryl methyl sites for hydroxylation is 1. The molecule has 0 aliphatic carbocycles. The van der Waals surface area contributed by atoms with E-state index >= 15 is 0 Å². The van der Waals surface area contributed by atoms with Gasteiger partial charge >= 0.3 is 0 Å². The summed E-state index contributed by atoms with van der Waals surface area (Å²) in [6.45, 7) is 4.05. The molecule has 2 atom stereocenters. The Labute approximate surface area is 124 Å². The third-order valence-corrected chi connectivity index (χ3v) is 3.82. The maximum atomic E-state index is 14.4. The SMILES string of the molecule is CC1=CNC(C2=C(F)NC(c3ccc(C)cc3)C=C2)C=C1. The van der Waals surface area contributed by atoms with Gasteiger partial charge in [-0.25, -0.2) is 0 Å². The third kappa shape index (κ3) is 2.92. The molecular formula is C18H19FN2. The standard InChI is InChI=1S/C18H19FN2/c1-12-3-6-14(7-4-12)16-10-8-15(18(19)21-16)17-9-5-13(2)11-20-17/h3-11,16-17,20-21H,1-2H3. The van der Waals surface area contributed by atoms with Crippen LogP contribution in [0.2, 0.25) is 0 Å². The third-order valence-electron chi connectivity index (χ3n) is 3.82. The second-order valence-electron chi connectivity index (χ2n) is 5.55. The summed E-state index contributed by atoms with van der Waals surface area (Å²) in [5.41, 5.74) is 4.04. The van der Waals surface area contributed by atoms with Crippen LogP contribution < -0.4 is 10.6 Å². The summed E-state index contributed by atoms with van der Waals surface area (Å²) in [4.78, 5) is 0. The quantitative estimate of drug-likeness (QED) is 0.806. The van der Waals surface area contributed by atoms with Crippen molar-refractivity contribution < 1.29 is 4.39 Å². The molecule has 3 rings (SSSR count). The minimum atomic E-state index is -0.266. The Hall–Kier alpha value is -2.29. The minimum absolute atomic E-state index is 0.112. The molecule has 0 radical (unpaired) electrons. The van der Waals surface area contributed by atoms with Crippen molar-refractivity contribution in [2.75, 3.05) is 0 Å². The number of rotatable bonds is 2. The lowest BCUT2D eigenvalue weighted by atomic mass is 9.97. The van der Waals surface area contributed by atoms with E-state index in [-0.39, 0.29) is 18.0 Å². The van der Waals surface area contributed by atoms with Gasteiger partial charge in [-0.15, -0.1) is 0 Å². The average Bonchev–Trinajstić information content (AvgIpc) is 2.49. The predicted molar refractivity (Wildman–Crippen MR) is 84.2 cm³/mol. The van der Waals surface area contributed by atoms with E-state index in [0.717, 1.165) is 11.1 Å². The zero-order chi connectivity index (χ0) is 14.8. The lowest BCUT2D eigenvalue weighted by molar-refractivity contribution is 0.491. The van der Waals surface area contributed by atoms with Crippen LogP contribution in [0.15, 0.2) is 71.9 Å². The van der Waals surface area contributed by atoms with Crippen LogP contribution in [-0.4, -0.2) is 6.04 Å². The van der Waals surface area contributed by atoms with Crippen LogP contribution in [0, 0.1) is 6.92 Å². The fraction of sp³-hybridized carbons (Fsp3) is 0.222. The van der Waals surface area contributed by atoms with Crippen molar-refractivity contribution in [1.29, 1.82) is 0 Å². The minimum Gasteiger partial charge on any atom is -0.380 e. The topological polar surface area (TPSA) is 24.1 Å². The van der Waals surface area contributed by atoms with Crippen molar-refractivity contribution in [2.45, 2.75) is 25.9 Å². The first-order valence-corrected chi connectivity index (χ1v) is 7.15. The fourth-order valence-corrected chi connectivity index (χ4v) is 2.52. The molecular weight excluding hydrogens is 263 g/mol. The van der Waals surface area contributed by atoms with Gasteiger partial charge in [-0.3, -0.25) is 0 Å². The number of hydrogen-bond acceptors (Lipinski definition) is 2. The molecule has 0 saturated carbocycles. The highest BCUT2D eigenvalue weighted by Crippen LogP contribution is 2.26. The summed E-state index contributed by atoms with van der Waals surface area (Å²) in [7, 11) is 0. The fourth-order valence-electron chi connectivity index (χ4n) is 2.52. The molecule has 0 spiro atoms. The zero-order valence-electron chi connectivity index (χ0n) is 12.2. The predicted octanol–water partition coefficient (Wildman–Crippen LogP) is 3.81. The highest BCUT2D eigenvalue weighted by Gasteiger charge is 2.21. The molecule has 2 aliphatic rings. The molecule has 0 saturated heterocycles. The second kappa shape index (κ2) is 5.60. The maximum Gasteiger partial charge on any atom is 0.193 e. The van der Waals surface area contributed by atoms with Gasteiger partial charge in [0.25, 0.3) is 0 Å². The molecule has 2 aliphatic heterocycles. The van der Waals surface area contributed by atoms with Crippen molar-refractivity contribution in [1.82, 2.24) is 10.6 Å². The monoisotopic (exact) mass is 282 g/mol. The van der Waals surface area contributed by atoms with E-state index in [1.54, 1.807) is 0 Å². The summed E-state index contributed by atoms with van der Waals surface area (Å²) in [5.74, 6) is -0.266. The van der Waals surface area contributed by atoms with E-state index in [1.165, 1.54) is 5.56 Å². The van der Waals surface area contributed by atoms with E-state index in [1.807, 2.05) is 68.6 Å². The van der Waals surface area contributed by atoms with E-state index in [0.29, 0.717) is 5.57 Å². The number of benzene rings is 1. The first-order chi connectivity index (χ1) is 10.1. The first kappa shape index (κ1) is 13.7. The van der Waals surface area contributed by atoms with E-state index in [2.05, 4.69) is 10.6 Å². The molecule has 0 aromatic heterocycles. The highest BCUT2D eigenvalue weighted by atomic mass is 19.1. The van der Waals surface area contributed by atoms with Gasteiger partial charge in [0, 0.05) is 11.8 Å². The molecule has 108 valence electrons. The molecule has 0 bridgehead atoms. The van der Waals surface area contributed by atoms with Gasteiger partial charge < -0.3 is 10.6 Å². The number of halogens is 1. The summed E-state index contributed by atoms with van der Waals surface area (Å²) in [6.07, 6.45) is 9.76. The van der Waals surface area contributed by atoms with Crippen LogP contribution in [0.5, 0.6) is 0 Å². The van der Waals surface area contributed by atoms with Gasteiger partial charge in [0.15, 0.2) is 5.95 Å². The van der Waals surface area contributed by atoms with Crippen molar-refractivity contribution in [3.8, 4) is 0 Å². The molecule has 1 aromatic rings. The smallest absolute Gasteiger partial charge is 0.193 e. The Morgan fingerprint density at radius 2 is 1.67 bits per heavy atom. The molecule has 2 heterocycles. The van der Waals surface area contributed by atoms with Gasteiger partial charge in [0.2, 0.25) is 0 Å². The first-order valence-electron chi connectivity index (χ1n) is 7.15. The molecule has 2 nitrogen and oxygen atoms in total. The van der Waals surface area contributed by atoms with Gasteiger partial charge in [-0.05, 0) is 25.0 Å². The average molecular weight is 282 g/mol. The largest absolute Gasteiger partial charge is 0.380 e. The Morgan fingerprint density at radius 3 is 2.29 bits per heavy atom. The summed E-state index contributed by atoms with van der Waals surface area (Å²) >= 11 is 0. The van der Waals surface area contributed by atoms with Crippen LogP contribution in [0.1, 0.15) is 24.1 Å². The number of dihydropyridines is 2. The molecule has 3 heteroatoms. The Bertz CT molecular complexity index is 650. The normalized spacial score (nSPS) is 24.4. The number of allylic oxidation sites excluding steroid dienone is 2. The molecule has 2 N–H and O–H groups in total. The van der Waals surface area contributed by atoms with Crippen LogP contribution in [0.3, 0.4) is 0 Å². The van der Waals surface area contributed by atoms with Crippen LogP contribution in [0.25, 0.3) is 0 Å². The van der Waals surface area contributed by atoms with Crippen molar-refractivity contribution in [3.05, 3.63) is 83.0 Å². The number of hydrogen-bond donors (Lipinski definition) is 2. The van der Waals surface area contributed by atoms with Gasteiger partial charge in [-0.2, -0.15) is 4.39 Å². The van der Waals surface area contributed by atoms with Crippen LogP contribution >= 0.6 is 0 Å². The van der Waals surface area contributed by atoms with Crippen molar-refractivity contribution in [3.63, 3.8) is 0 Å². The summed E-state index contributed by atoms with van der Waals surface area (Å²) in [5, 5.41) is 6.14. The van der Waals surface area contributed by atoms with Gasteiger partial charge in [0.05, 0.1) is 12.1 Å². The summed E-state index contributed by atoms with van der Waals surface area (Å²) < 4.78 is 14.4. The lowest BCUT2D eigenvalue weighted by Gasteiger charge is -2.26. The molecule has 2 unspecified atom stereocenters. The van der Waals surface area contributed by atoms with Gasteiger partial charge in [0.1, 0.15) is 0 Å². The maximum absolute atomic E-state index is 14.4. The summed E-state index contributed by atoms with van der Waals surface area (Å²) in [6, 6.07) is 7.92. The van der Waals surface area contributed by atoms with E-state index < -0.39 is 0 Å². The Balaban J connectivity index is 1.76. The lowest BCUT2D eigenvalue weighted by Crippen LogP contribution is -2.31. The molecule has 1 aromatic carbocycles. The molecule has 0 fully saturated rings. The van der Waals surface area contributed by atoms with Crippen LogP contribution in [0.4, 0.5) is 4.39 Å². The Kier molecular flexibility index (Phi) is 3.65. The Morgan fingerprint density at radius 1 is 0.952 bits per heavy atom. The van der Waals surface area contributed by atoms with Gasteiger partial charge in [-0.1, -0.05) is 54.1 Å². The van der Waals surface area contributed by atoms with Crippen molar-refractivity contribution >= 4 is 0 Å². The number of nitrogens with one attached hydrogen (secondary N) is 2. The molecule has 0 amide bonds. The molecule has 21 heavy (non-hydrogen) atoms. The highest BCUT2D eigenvalue weighted by molar-refractivity contribution is 5.41. The van der Waals surface area contributed by atoms with E-state index in [4.69, 9.17) is 0 Å².